The van der Waals surface area contributed by atoms with Crippen molar-refractivity contribution in [1.82, 2.24) is 4.98 Å². The standard InChI is InChI=1S/C14H13Cl2NO/c1-7(8-2-3-8)14(18)10-6-17-12-5-9(15)4-11(16)13(10)12/h4-8,17H,2-3H2,1H3. The number of ketones is 1. The number of H-pyrrole nitrogens is 1. The third kappa shape index (κ3) is 1.94. The second kappa shape index (κ2) is 4.29. The first-order valence-corrected chi connectivity index (χ1v) is 6.84. The summed E-state index contributed by atoms with van der Waals surface area (Å²) in [6.07, 6.45) is 4.07. The van der Waals surface area contributed by atoms with Crippen LogP contribution in [0.3, 0.4) is 0 Å². The molecule has 2 aromatic rings. The van der Waals surface area contributed by atoms with Crippen LogP contribution in [0, 0.1) is 11.8 Å². The molecule has 1 atom stereocenters. The summed E-state index contributed by atoms with van der Waals surface area (Å²) in [5.74, 6) is 0.803. The largest absolute Gasteiger partial charge is 0.360 e. The molecule has 0 spiro atoms. The molecule has 18 heavy (non-hydrogen) atoms. The lowest BCUT2D eigenvalue weighted by molar-refractivity contribution is 0.0918. The van der Waals surface area contributed by atoms with Crippen molar-refractivity contribution in [3.8, 4) is 0 Å². The molecule has 94 valence electrons. The summed E-state index contributed by atoms with van der Waals surface area (Å²) in [5.41, 5.74) is 1.50. The summed E-state index contributed by atoms with van der Waals surface area (Å²) in [6.45, 7) is 2.00. The molecule has 0 aliphatic heterocycles. The lowest BCUT2D eigenvalue weighted by Gasteiger charge is -2.08. The number of carbonyl (C=O) groups is 1. The summed E-state index contributed by atoms with van der Waals surface area (Å²) in [6, 6.07) is 3.47. The van der Waals surface area contributed by atoms with Gasteiger partial charge in [-0.05, 0) is 30.9 Å². The maximum Gasteiger partial charge on any atom is 0.168 e. The van der Waals surface area contributed by atoms with Gasteiger partial charge >= 0.3 is 0 Å². The van der Waals surface area contributed by atoms with Crippen molar-refractivity contribution in [3.05, 3.63) is 33.9 Å². The Hall–Kier alpha value is -0.990. The molecular formula is C14H13Cl2NO. The van der Waals surface area contributed by atoms with Crippen molar-refractivity contribution in [2.24, 2.45) is 11.8 Å². The van der Waals surface area contributed by atoms with E-state index in [1.165, 1.54) is 0 Å². The van der Waals surface area contributed by atoms with E-state index in [1.807, 2.05) is 6.92 Å². The summed E-state index contributed by atoms with van der Waals surface area (Å²) >= 11 is 12.1. The van der Waals surface area contributed by atoms with Crippen LogP contribution in [0.1, 0.15) is 30.1 Å². The number of benzene rings is 1. The topological polar surface area (TPSA) is 32.9 Å². The average molecular weight is 282 g/mol. The Balaban J connectivity index is 2.09. The van der Waals surface area contributed by atoms with E-state index in [0.717, 1.165) is 23.7 Å². The van der Waals surface area contributed by atoms with E-state index in [1.54, 1.807) is 18.3 Å². The number of halogens is 2. The number of hydrogen-bond donors (Lipinski definition) is 1. The Morgan fingerprint density at radius 1 is 1.39 bits per heavy atom. The lowest BCUT2D eigenvalue weighted by atomic mass is 9.95. The van der Waals surface area contributed by atoms with Crippen LogP contribution >= 0.6 is 23.2 Å². The molecule has 0 bridgehead atoms. The molecule has 1 aromatic carbocycles. The van der Waals surface area contributed by atoms with Gasteiger partial charge in [-0.3, -0.25) is 4.79 Å². The molecular weight excluding hydrogens is 269 g/mol. The second-order valence-corrected chi connectivity index (χ2v) is 5.85. The Bertz CT molecular complexity index is 628. The van der Waals surface area contributed by atoms with Gasteiger partial charge in [0.05, 0.1) is 5.02 Å². The monoisotopic (exact) mass is 281 g/mol. The van der Waals surface area contributed by atoms with E-state index < -0.39 is 0 Å². The van der Waals surface area contributed by atoms with Gasteiger partial charge < -0.3 is 4.98 Å². The maximum absolute atomic E-state index is 12.4. The second-order valence-electron chi connectivity index (χ2n) is 5.00. The van der Waals surface area contributed by atoms with Crippen LogP contribution in [0.25, 0.3) is 10.9 Å². The van der Waals surface area contributed by atoms with Gasteiger partial charge in [0.15, 0.2) is 5.78 Å². The van der Waals surface area contributed by atoms with Gasteiger partial charge in [-0.1, -0.05) is 30.1 Å². The van der Waals surface area contributed by atoms with Crippen LogP contribution in [0.2, 0.25) is 10.0 Å². The Morgan fingerprint density at radius 2 is 2.11 bits per heavy atom. The van der Waals surface area contributed by atoms with E-state index in [2.05, 4.69) is 4.98 Å². The summed E-state index contributed by atoms with van der Waals surface area (Å²) < 4.78 is 0. The minimum absolute atomic E-state index is 0.0794. The maximum atomic E-state index is 12.4. The van der Waals surface area contributed by atoms with Crippen molar-refractivity contribution >= 4 is 39.9 Å². The highest BCUT2D eigenvalue weighted by Gasteiger charge is 2.34. The first-order chi connectivity index (χ1) is 8.58. The van der Waals surface area contributed by atoms with Crippen LogP contribution in [-0.4, -0.2) is 10.8 Å². The number of Topliss-reactive ketones (excluding diaryl/α,β-unsaturated/α-hetero) is 1. The predicted octanol–water partition coefficient (Wildman–Crippen LogP) is 4.70. The Morgan fingerprint density at radius 3 is 2.78 bits per heavy atom. The van der Waals surface area contributed by atoms with Gasteiger partial charge in [0.25, 0.3) is 0 Å². The van der Waals surface area contributed by atoms with Crippen LogP contribution in [0.5, 0.6) is 0 Å². The third-order valence-corrected chi connectivity index (χ3v) is 4.22. The highest BCUT2D eigenvalue weighted by Crippen LogP contribution is 2.40. The zero-order valence-corrected chi connectivity index (χ0v) is 11.5. The van der Waals surface area contributed by atoms with Gasteiger partial charge in [0.1, 0.15) is 0 Å². The van der Waals surface area contributed by atoms with Crippen LogP contribution in [0.4, 0.5) is 0 Å². The molecule has 1 fully saturated rings. The number of fused-ring (bicyclic) bond motifs is 1. The number of nitrogens with one attached hydrogen (secondary N) is 1. The number of rotatable bonds is 3. The zero-order valence-electron chi connectivity index (χ0n) is 9.97. The lowest BCUT2D eigenvalue weighted by Crippen LogP contribution is -2.12. The van der Waals surface area contributed by atoms with Crippen molar-refractivity contribution in [3.63, 3.8) is 0 Å². The SMILES string of the molecule is CC(C(=O)c1c[nH]c2cc(Cl)cc(Cl)c12)C1CC1. The quantitative estimate of drug-likeness (QED) is 0.813. The van der Waals surface area contributed by atoms with Gasteiger partial charge in [0.2, 0.25) is 0 Å². The van der Waals surface area contributed by atoms with E-state index in [9.17, 15) is 4.79 Å². The molecule has 1 aliphatic rings. The van der Waals surface area contributed by atoms with Crippen molar-refractivity contribution in [1.29, 1.82) is 0 Å². The van der Waals surface area contributed by atoms with Gasteiger partial charge in [-0.2, -0.15) is 0 Å². The van der Waals surface area contributed by atoms with Crippen molar-refractivity contribution in [2.75, 3.05) is 0 Å². The average Bonchev–Trinajstić information content (AvgIpc) is 3.08. The summed E-state index contributed by atoms with van der Waals surface area (Å²) in [7, 11) is 0. The number of aromatic amines is 1. The molecule has 1 aliphatic carbocycles. The van der Waals surface area contributed by atoms with Crippen LogP contribution < -0.4 is 0 Å². The van der Waals surface area contributed by atoms with Gasteiger partial charge in [-0.15, -0.1) is 0 Å². The van der Waals surface area contributed by atoms with Gasteiger partial charge in [0, 0.05) is 33.6 Å². The van der Waals surface area contributed by atoms with E-state index in [0.29, 0.717) is 21.5 Å². The van der Waals surface area contributed by atoms with Crippen LogP contribution in [-0.2, 0) is 0 Å². The van der Waals surface area contributed by atoms with Crippen molar-refractivity contribution in [2.45, 2.75) is 19.8 Å². The van der Waals surface area contributed by atoms with Crippen molar-refractivity contribution < 1.29 is 4.79 Å². The molecule has 1 aromatic heterocycles. The Kier molecular flexibility index (Phi) is 2.87. The molecule has 2 nitrogen and oxygen atoms in total. The highest BCUT2D eigenvalue weighted by molar-refractivity contribution is 6.39. The number of hydrogen-bond acceptors (Lipinski definition) is 1. The summed E-state index contributed by atoms with van der Waals surface area (Å²) in [4.78, 5) is 15.5. The molecule has 1 N–H and O–H groups in total. The molecule has 0 saturated heterocycles. The molecule has 0 amide bonds. The minimum atomic E-state index is 0.0794. The molecule has 4 heteroatoms. The normalized spacial score (nSPS) is 17.1. The van der Waals surface area contributed by atoms with Gasteiger partial charge in [-0.25, -0.2) is 0 Å². The first-order valence-electron chi connectivity index (χ1n) is 6.08. The van der Waals surface area contributed by atoms with E-state index in [-0.39, 0.29) is 11.7 Å². The minimum Gasteiger partial charge on any atom is -0.360 e. The highest BCUT2D eigenvalue weighted by atomic mass is 35.5. The molecule has 3 rings (SSSR count). The molecule has 1 saturated carbocycles. The first kappa shape index (κ1) is 12.1. The number of carbonyl (C=O) groups excluding carboxylic acids is 1. The summed E-state index contributed by atoms with van der Waals surface area (Å²) in [5, 5.41) is 1.90. The van der Waals surface area contributed by atoms with E-state index in [4.69, 9.17) is 23.2 Å². The smallest absolute Gasteiger partial charge is 0.168 e. The molecule has 1 heterocycles. The predicted molar refractivity (Wildman–Crippen MR) is 74.5 cm³/mol. The fourth-order valence-electron chi connectivity index (χ4n) is 2.43. The molecule has 0 radical (unpaired) electrons. The van der Waals surface area contributed by atoms with E-state index >= 15 is 0 Å². The van der Waals surface area contributed by atoms with Crippen LogP contribution in [0.15, 0.2) is 18.3 Å². The fraction of sp³-hybridized carbons (Fsp3) is 0.357. The number of aromatic nitrogens is 1. The Labute approximate surface area is 115 Å². The zero-order chi connectivity index (χ0) is 12.9. The fourth-order valence-corrected chi connectivity index (χ4v) is 3.03. The third-order valence-electron chi connectivity index (χ3n) is 3.70. The molecule has 1 unspecified atom stereocenters.